The van der Waals surface area contributed by atoms with E-state index >= 15 is 0 Å². The Morgan fingerprint density at radius 3 is 2.20 bits per heavy atom. The molecule has 312 valence electrons. The topological polar surface area (TPSA) is 190 Å². The number of piperazine rings is 1. The highest BCUT2D eigenvalue weighted by atomic mass is 19.1. The lowest BCUT2D eigenvalue weighted by atomic mass is 9.97. The smallest absolute Gasteiger partial charge is 0.262 e. The normalized spacial score (nSPS) is 18.5. The van der Waals surface area contributed by atoms with Crippen molar-refractivity contribution < 1.29 is 33.2 Å². The number of hydrogen-bond acceptors (Lipinski definition) is 11. The van der Waals surface area contributed by atoms with Gasteiger partial charge in [-0.2, -0.15) is 0 Å². The third-order valence-corrected chi connectivity index (χ3v) is 12.0. The number of rotatable bonds is 14. The zero-order valence-corrected chi connectivity index (χ0v) is 33.4. The van der Waals surface area contributed by atoms with Crippen LogP contribution in [0.2, 0.25) is 0 Å². The number of H-pyrrole nitrogens is 1. The lowest BCUT2D eigenvalue weighted by Crippen LogP contribution is -2.54. The summed E-state index contributed by atoms with van der Waals surface area (Å²) >= 11 is 0. The van der Waals surface area contributed by atoms with E-state index in [-0.39, 0.29) is 35.2 Å². The monoisotopic (exact) mass is 825 g/mol. The third-order valence-electron chi connectivity index (χ3n) is 12.0. The zero-order valence-electron chi connectivity index (χ0n) is 33.4. The number of halogens is 1. The van der Waals surface area contributed by atoms with Crippen LogP contribution in [-0.2, 0) is 19.2 Å². The van der Waals surface area contributed by atoms with Gasteiger partial charge in [0, 0.05) is 67.2 Å². The predicted molar refractivity (Wildman–Crippen MR) is 226 cm³/mol. The van der Waals surface area contributed by atoms with E-state index in [1.807, 2.05) is 48.5 Å². The first-order chi connectivity index (χ1) is 29.7. The Labute approximate surface area is 349 Å². The van der Waals surface area contributed by atoms with Crippen molar-refractivity contribution in [2.45, 2.75) is 57.4 Å². The van der Waals surface area contributed by atoms with Crippen molar-refractivity contribution in [3.05, 3.63) is 95.1 Å². The summed E-state index contributed by atoms with van der Waals surface area (Å²) in [6, 6.07) is 16.5. The zero-order chi connectivity index (χ0) is 42.2. The van der Waals surface area contributed by atoms with Crippen LogP contribution in [0.5, 0.6) is 0 Å². The van der Waals surface area contributed by atoms with Gasteiger partial charge >= 0.3 is 0 Å². The minimum atomic E-state index is -1.10. The standard InChI is InChI=1S/C45H44FN9O6/c46-31-23-28-29(44(61)55(43(28)60)35-15-16-36(56)50-40(35)57)24-34(31)47-17-9-3-1-2-4-10-18-53-19-21-54(22-20-53)45-49-33-14-8-6-12-27(33)39(51-45)38-37(41(58)52-42(38)59)30-25-48-32-13-7-5-11-26(30)32/h5-8,11-14,23-25,35,47-48H,1-4,9-10,15-22H2,(H,50,56,57)(H,52,58,59). The summed E-state index contributed by atoms with van der Waals surface area (Å²) in [7, 11) is 0. The van der Waals surface area contributed by atoms with Crippen molar-refractivity contribution in [1.29, 1.82) is 0 Å². The number of nitrogens with zero attached hydrogens (tertiary/aromatic N) is 5. The molecule has 5 aromatic rings. The fourth-order valence-electron chi connectivity index (χ4n) is 8.80. The molecule has 0 spiro atoms. The molecule has 6 heterocycles. The first kappa shape index (κ1) is 39.6. The molecule has 0 saturated carbocycles. The average Bonchev–Trinajstić information content (AvgIpc) is 3.89. The van der Waals surface area contributed by atoms with Crippen molar-refractivity contribution in [3.8, 4) is 0 Å². The molecule has 1 atom stereocenters. The van der Waals surface area contributed by atoms with E-state index in [4.69, 9.17) is 9.97 Å². The largest absolute Gasteiger partial charge is 0.383 e. The number of piperidine rings is 1. The van der Waals surface area contributed by atoms with E-state index in [9.17, 15) is 33.2 Å². The van der Waals surface area contributed by atoms with Crippen LogP contribution in [0.4, 0.5) is 16.0 Å². The van der Waals surface area contributed by atoms with Crippen LogP contribution >= 0.6 is 0 Å². The van der Waals surface area contributed by atoms with E-state index in [0.717, 1.165) is 93.1 Å². The van der Waals surface area contributed by atoms with Crippen molar-refractivity contribution in [1.82, 2.24) is 35.4 Å². The Morgan fingerprint density at radius 2 is 1.41 bits per heavy atom. The van der Waals surface area contributed by atoms with E-state index in [1.54, 1.807) is 6.20 Å². The number of imide groups is 3. The second-order valence-corrected chi connectivity index (χ2v) is 15.9. The van der Waals surface area contributed by atoms with Gasteiger partial charge in [-0.3, -0.25) is 49.2 Å². The Bertz CT molecular complexity index is 2670. The van der Waals surface area contributed by atoms with Crippen LogP contribution in [0.25, 0.3) is 33.0 Å². The first-order valence-corrected chi connectivity index (χ1v) is 20.9. The number of amides is 6. The molecule has 4 N–H and O–H groups in total. The second-order valence-electron chi connectivity index (χ2n) is 15.9. The lowest BCUT2D eigenvalue weighted by molar-refractivity contribution is -0.136. The molecule has 0 bridgehead atoms. The summed E-state index contributed by atoms with van der Waals surface area (Å²) in [5.41, 5.74) is 3.27. The Morgan fingerprint density at radius 1 is 0.721 bits per heavy atom. The molecule has 0 radical (unpaired) electrons. The Kier molecular flexibility index (Phi) is 10.8. The molecule has 2 fully saturated rings. The number of anilines is 2. The molecule has 2 aromatic heterocycles. The van der Waals surface area contributed by atoms with Crippen molar-refractivity contribution in [2.24, 2.45) is 0 Å². The quantitative estimate of drug-likeness (QED) is 0.0890. The molecule has 6 amide bonds. The van der Waals surface area contributed by atoms with Gasteiger partial charge in [-0.25, -0.2) is 14.4 Å². The van der Waals surface area contributed by atoms with E-state index in [2.05, 4.69) is 30.7 Å². The number of hydrogen-bond donors (Lipinski definition) is 4. The van der Waals surface area contributed by atoms with Gasteiger partial charge in [0.2, 0.25) is 17.8 Å². The summed E-state index contributed by atoms with van der Waals surface area (Å²) in [4.78, 5) is 95.2. The van der Waals surface area contributed by atoms with Gasteiger partial charge in [-0.15, -0.1) is 0 Å². The second kappa shape index (κ2) is 16.7. The number of aromatic nitrogens is 3. The number of fused-ring (bicyclic) bond motifs is 3. The minimum Gasteiger partial charge on any atom is -0.383 e. The summed E-state index contributed by atoms with van der Waals surface area (Å²) in [6.07, 6.45) is 7.80. The van der Waals surface area contributed by atoms with Crippen LogP contribution in [0, 0.1) is 5.82 Å². The fourth-order valence-corrected chi connectivity index (χ4v) is 8.80. The maximum atomic E-state index is 15.0. The van der Waals surface area contributed by atoms with Gasteiger partial charge in [-0.05, 0) is 50.1 Å². The molecule has 3 aromatic carbocycles. The van der Waals surface area contributed by atoms with Crippen molar-refractivity contribution in [3.63, 3.8) is 0 Å². The highest BCUT2D eigenvalue weighted by Crippen LogP contribution is 2.37. The summed E-state index contributed by atoms with van der Waals surface area (Å²) in [5.74, 6) is -3.62. The summed E-state index contributed by atoms with van der Waals surface area (Å²) in [5, 5.41) is 9.27. The van der Waals surface area contributed by atoms with Gasteiger partial charge in [0.1, 0.15) is 11.9 Å². The van der Waals surface area contributed by atoms with E-state index in [1.165, 1.54) is 6.07 Å². The van der Waals surface area contributed by atoms with Crippen molar-refractivity contribution >= 4 is 80.0 Å². The lowest BCUT2D eigenvalue weighted by Gasteiger charge is -2.35. The molecule has 0 aliphatic carbocycles. The molecule has 4 aliphatic rings. The average molecular weight is 826 g/mol. The van der Waals surface area contributed by atoms with Gasteiger partial charge < -0.3 is 15.2 Å². The van der Waals surface area contributed by atoms with Gasteiger partial charge in [0.15, 0.2) is 0 Å². The number of carbonyl (C=O) groups is 6. The van der Waals surface area contributed by atoms with Gasteiger partial charge in [-0.1, -0.05) is 62.1 Å². The van der Waals surface area contributed by atoms with Crippen molar-refractivity contribution in [2.75, 3.05) is 49.5 Å². The Hall–Kier alpha value is -6.81. The molecular weight excluding hydrogens is 782 g/mol. The molecule has 1 unspecified atom stereocenters. The van der Waals surface area contributed by atoms with E-state index < -0.39 is 47.3 Å². The number of aromatic amines is 1. The number of unbranched alkanes of at least 4 members (excludes halogenated alkanes) is 5. The number of para-hydroxylation sites is 2. The number of benzene rings is 3. The minimum absolute atomic E-state index is 0.0125. The molecule has 2 saturated heterocycles. The van der Waals surface area contributed by atoms with Gasteiger partial charge in [0.05, 0.1) is 39.2 Å². The number of nitrogens with one attached hydrogen (secondary N) is 4. The molecule has 4 aliphatic heterocycles. The summed E-state index contributed by atoms with van der Waals surface area (Å²) in [6.45, 7) is 4.59. The third kappa shape index (κ3) is 7.63. The highest BCUT2D eigenvalue weighted by Gasteiger charge is 2.45. The fraction of sp³-hybridized carbons (Fsp3) is 0.333. The highest BCUT2D eigenvalue weighted by molar-refractivity contribution is 6.50. The first-order valence-electron chi connectivity index (χ1n) is 20.9. The van der Waals surface area contributed by atoms with Crippen LogP contribution in [-0.4, -0.2) is 106 Å². The Balaban J connectivity index is 0.740. The molecule has 61 heavy (non-hydrogen) atoms. The van der Waals surface area contributed by atoms with Crippen LogP contribution in [0.1, 0.15) is 83.3 Å². The molecule has 9 rings (SSSR count). The van der Waals surface area contributed by atoms with Gasteiger partial charge in [0.25, 0.3) is 23.6 Å². The maximum Gasteiger partial charge on any atom is 0.262 e. The molecule has 15 nitrogen and oxygen atoms in total. The van der Waals surface area contributed by atoms with Crippen LogP contribution in [0.15, 0.2) is 66.9 Å². The molecular formula is C45H44FN9O6. The summed E-state index contributed by atoms with van der Waals surface area (Å²) < 4.78 is 15.0. The van der Waals surface area contributed by atoms with E-state index in [0.29, 0.717) is 40.2 Å². The molecule has 16 heteroatoms. The predicted octanol–water partition coefficient (Wildman–Crippen LogP) is 4.79. The van der Waals surface area contributed by atoms with Crippen LogP contribution in [0.3, 0.4) is 0 Å². The SMILES string of the molecule is O=C1CCC(N2C(=O)c3cc(F)c(NCCCCCCCCN4CCN(c5nc(C6=C(c7c[nH]c8ccccc78)C(=O)NC6=O)c6ccccc6n5)CC4)cc3C2=O)C(=O)N1. The van der Waals surface area contributed by atoms with Crippen LogP contribution < -0.4 is 20.9 Å². The number of carbonyl (C=O) groups excluding carboxylic acids is 6. The maximum absolute atomic E-state index is 15.0.